The topological polar surface area (TPSA) is 40.9 Å². The summed E-state index contributed by atoms with van der Waals surface area (Å²) in [5, 5.41) is 11.8. The fourth-order valence-corrected chi connectivity index (χ4v) is 2.99. The largest absolute Gasteiger partial charge is 0.291 e. The number of hydrogen-bond acceptors (Lipinski definition) is 3. The molecule has 19 heavy (non-hydrogen) atoms. The summed E-state index contributed by atoms with van der Waals surface area (Å²) in [6.07, 6.45) is 0.795. The zero-order chi connectivity index (χ0) is 13.8. The molecular formula is C15H12ClNOS. The number of halogens is 1. The van der Waals surface area contributed by atoms with Gasteiger partial charge in [0.05, 0.1) is 10.9 Å². The minimum atomic E-state index is -0.763. The van der Waals surface area contributed by atoms with Gasteiger partial charge < -0.3 is 0 Å². The van der Waals surface area contributed by atoms with Crippen LogP contribution in [0, 0.1) is 11.3 Å². The molecule has 0 amide bonds. The minimum absolute atomic E-state index is 0.128. The molecule has 0 aliphatic carbocycles. The molecule has 0 aliphatic rings. The summed E-state index contributed by atoms with van der Waals surface area (Å²) in [4.78, 5) is 13.1. The number of carbonyl (C=O) groups excluding carboxylic acids is 1. The van der Waals surface area contributed by atoms with E-state index < -0.39 is 5.92 Å². The smallest absolute Gasteiger partial charge is 0.194 e. The van der Waals surface area contributed by atoms with Gasteiger partial charge >= 0.3 is 0 Å². The molecule has 96 valence electrons. The molecule has 2 aromatic rings. The number of rotatable bonds is 4. The van der Waals surface area contributed by atoms with Crippen LogP contribution in [-0.4, -0.2) is 5.78 Å². The molecule has 1 atom stereocenters. The van der Waals surface area contributed by atoms with Crippen LogP contribution in [0.4, 0.5) is 0 Å². The lowest BCUT2D eigenvalue weighted by atomic mass is 9.94. The SMILES string of the molecule is CCc1ccsc1C(=O)C(C#N)c1ccc(Cl)cc1. The summed E-state index contributed by atoms with van der Waals surface area (Å²) in [5.74, 6) is -0.891. The molecule has 0 spiro atoms. The van der Waals surface area contributed by atoms with Crippen LogP contribution >= 0.6 is 22.9 Å². The van der Waals surface area contributed by atoms with Gasteiger partial charge in [0.2, 0.25) is 0 Å². The van der Waals surface area contributed by atoms with Crippen LogP contribution in [0.15, 0.2) is 35.7 Å². The van der Waals surface area contributed by atoms with E-state index in [0.29, 0.717) is 15.5 Å². The average molecular weight is 290 g/mol. The summed E-state index contributed by atoms with van der Waals surface area (Å²) < 4.78 is 0. The van der Waals surface area contributed by atoms with Gasteiger partial charge in [0, 0.05) is 5.02 Å². The van der Waals surface area contributed by atoms with E-state index in [4.69, 9.17) is 11.6 Å². The molecule has 0 fully saturated rings. The van der Waals surface area contributed by atoms with Crippen LogP contribution in [0.2, 0.25) is 5.02 Å². The molecule has 1 aromatic carbocycles. The Hall–Kier alpha value is -1.63. The molecule has 0 radical (unpaired) electrons. The van der Waals surface area contributed by atoms with Crippen LogP contribution in [0.25, 0.3) is 0 Å². The first-order valence-corrected chi connectivity index (χ1v) is 7.18. The third-order valence-corrected chi connectivity index (χ3v) is 4.17. The molecule has 2 nitrogen and oxygen atoms in total. The van der Waals surface area contributed by atoms with Crippen molar-refractivity contribution in [2.75, 3.05) is 0 Å². The lowest BCUT2D eigenvalue weighted by Crippen LogP contribution is -2.11. The highest BCUT2D eigenvalue weighted by Crippen LogP contribution is 2.27. The zero-order valence-electron chi connectivity index (χ0n) is 10.4. The number of hydrogen-bond donors (Lipinski definition) is 0. The highest BCUT2D eigenvalue weighted by atomic mass is 35.5. The minimum Gasteiger partial charge on any atom is -0.291 e. The third kappa shape index (κ3) is 2.86. The van der Waals surface area contributed by atoms with Gasteiger partial charge in [-0.2, -0.15) is 5.26 Å². The van der Waals surface area contributed by atoms with Crippen molar-refractivity contribution in [2.24, 2.45) is 0 Å². The van der Waals surface area contributed by atoms with Gasteiger partial charge in [0.1, 0.15) is 5.92 Å². The van der Waals surface area contributed by atoms with Crippen molar-refractivity contribution in [1.29, 1.82) is 5.26 Å². The van der Waals surface area contributed by atoms with Crippen molar-refractivity contribution >= 4 is 28.7 Å². The monoisotopic (exact) mass is 289 g/mol. The number of thiophene rings is 1. The fraction of sp³-hybridized carbons (Fsp3) is 0.200. The van der Waals surface area contributed by atoms with Gasteiger partial charge in [-0.3, -0.25) is 4.79 Å². The summed E-state index contributed by atoms with van der Waals surface area (Å²) in [6, 6.07) is 10.9. The normalized spacial score (nSPS) is 11.8. The predicted octanol–water partition coefficient (Wildman–Crippen LogP) is 4.45. The van der Waals surface area contributed by atoms with Crippen LogP contribution in [0.3, 0.4) is 0 Å². The van der Waals surface area contributed by atoms with Crippen LogP contribution in [-0.2, 0) is 6.42 Å². The Kier molecular flexibility index (Phi) is 4.36. The second-order valence-corrected chi connectivity index (χ2v) is 5.46. The number of carbonyl (C=O) groups is 1. The highest BCUT2D eigenvalue weighted by Gasteiger charge is 2.24. The maximum Gasteiger partial charge on any atom is 0.194 e. The molecule has 0 aliphatic heterocycles. The van der Waals surface area contributed by atoms with Crippen molar-refractivity contribution in [3.63, 3.8) is 0 Å². The summed E-state index contributed by atoms with van der Waals surface area (Å²) in [7, 11) is 0. The van der Waals surface area contributed by atoms with Crippen LogP contribution < -0.4 is 0 Å². The molecule has 0 saturated heterocycles. The van der Waals surface area contributed by atoms with Crippen molar-refractivity contribution in [2.45, 2.75) is 19.3 Å². The fourth-order valence-electron chi connectivity index (χ4n) is 1.90. The van der Waals surface area contributed by atoms with Crippen molar-refractivity contribution in [3.8, 4) is 6.07 Å². The zero-order valence-corrected chi connectivity index (χ0v) is 12.0. The molecule has 0 N–H and O–H groups in total. The number of ketones is 1. The van der Waals surface area contributed by atoms with Crippen molar-refractivity contribution in [3.05, 3.63) is 56.7 Å². The second kappa shape index (κ2) is 6.01. The van der Waals surface area contributed by atoms with Gasteiger partial charge in [-0.25, -0.2) is 0 Å². The quantitative estimate of drug-likeness (QED) is 0.780. The number of Topliss-reactive ketones (excluding diaryl/α,β-unsaturated/α-hetero) is 1. The third-order valence-electron chi connectivity index (χ3n) is 2.95. The Balaban J connectivity index is 2.35. The molecule has 2 rings (SSSR count). The van der Waals surface area contributed by atoms with Crippen LogP contribution in [0.1, 0.15) is 33.6 Å². The second-order valence-electron chi connectivity index (χ2n) is 4.11. The van der Waals surface area contributed by atoms with Gasteiger partial charge in [-0.15, -0.1) is 11.3 Å². The first kappa shape index (κ1) is 13.8. The Bertz CT molecular complexity index is 624. The van der Waals surface area contributed by atoms with Crippen molar-refractivity contribution < 1.29 is 4.79 Å². The molecule has 1 unspecified atom stereocenters. The van der Waals surface area contributed by atoms with E-state index in [1.165, 1.54) is 11.3 Å². The molecule has 0 bridgehead atoms. The Morgan fingerprint density at radius 2 is 2.05 bits per heavy atom. The van der Waals surface area contributed by atoms with E-state index >= 15 is 0 Å². The molecular weight excluding hydrogens is 278 g/mol. The maximum absolute atomic E-state index is 12.5. The van der Waals surface area contributed by atoms with E-state index in [2.05, 4.69) is 6.07 Å². The Morgan fingerprint density at radius 3 is 2.63 bits per heavy atom. The lowest BCUT2D eigenvalue weighted by Gasteiger charge is -2.08. The molecule has 1 heterocycles. The van der Waals surface area contributed by atoms with Crippen LogP contribution in [0.5, 0.6) is 0 Å². The van der Waals surface area contributed by atoms with Gasteiger partial charge in [0.25, 0.3) is 0 Å². The Labute approximate surface area is 121 Å². The van der Waals surface area contributed by atoms with E-state index in [-0.39, 0.29) is 5.78 Å². The summed E-state index contributed by atoms with van der Waals surface area (Å²) in [6.45, 7) is 2.00. The average Bonchev–Trinajstić information content (AvgIpc) is 2.90. The Morgan fingerprint density at radius 1 is 1.37 bits per heavy atom. The number of nitrogens with zero attached hydrogens (tertiary/aromatic N) is 1. The number of aryl methyl sites for hydroxylation is 1. The maximum atomic E-state index is 12.5. The van der Waals surface area contributed by atoms with Gasteiger partial charge in [0.15, 0.2) is 5.78 Å². The molecule has 1 aromatic heterocycles. The highest BCUT2D eigenvalue weighted by molar-refractivity contribution is 7.12. The van der Waals surface area contributed by atoms with Gasteiger partial charge in [-0.05, 0) is 41.1 Å². The first-order valence-electron chi connectivity index (χ1n) is 5.93. The number of benzene rings is 1. The first-order chi connectivity index (χ1) is 9.17. The van der Waals surface area contributed by atoms with Gasteiger partial charge in [-0.1, -0.05) is 30.7 Å². The van der Waals surface area contributed by atoms with E-state index in [9.17, 15) is 10.1 Å². The predicted molar refractivity (Wildman–Crippen MR) is 77.8 cm³/mol. The lowest BCUT2D eigenvalue weighted by molar-refractivity contribution is 0.0982. The van der Waals surface area contributed by atoms with E-state index in [1.54, 1.807) is 24.3 Å². The van der Waals surface area contributed by atoms with Crippen molar-refractivity contribution in [1.82, 2.24) is 0 Å². The molecule has 0 saturated carbocycles. The number of nitriles is 1. The van der Waals surface area contributed by atoms with E-state index in [0.717, 1.165) is 12.0 Å². The molecule has 4 heteroatoms. The summed E-state index contributed by atoms with van der Waals surface area (Å²) in [5.41, 5.74) is 1.69. The summed E-state index contributed by atoms with van der Waals surface area (Å²) >= 11 is 7.22. The standard InChI is InChI=1S/C15H12ClNOS/c1-2-10-7-8-19-15(10)14(18)13(9-17)11-3-5-12(16)6-4-11/h3-8,13H,2H2,1H3. The van der Waals surface area contributed by atoms with E-state index in [1.807, 2.05) is 18.4 Å².